The van der Waals surface area contributed by atoms with Gasteiger partial charge in [0.2, 0.25) is 5.95 Å². The highest BCUT2D eigenvalue weighted by Crippen LogP contribution is 2.30. The molecule has 0 atom stereocenters. The Bertz CT molecular complexity index is 647. The number of rotatable bonds is 5. The third kappa shape index (κ3) is 2.82. The highest BCUT2D eigenvalue weighted by molar-refractivity contribution is 7.99. The van der Waals surface area contributed by atoms with E-state index in [0.29, 0.717) is 5.69 Å². The Morgan fingerprint density at radius 3 is 2.95 bits per heavy atom. The molecule has 1 aromatic heterocycles. The van der Waals surface area contributed by atoms with E-state index in [-0.39, 0.29) is 22.6 Å². The van der Waals surface area contributed by atoms with Gasteiger partial charge in [-0.25, -0.2) is 4.39 Å². The number of methoxy groups -OCH3 is 1. The van der Waals surface area contributed by atoms with Gasteiger partial charge in [0.25, 0.3) is 0 Å². The molecule has 7 nitrogen and oxygen atoms in total. The van der Waals surface area contributed by atoms with Crippen molar-refractivity contribution in [3.05, 3.63) is 24.0 Å². The molecular formula is C11H11FN4O3S. The maximum absolute atomic E-state index is 13.2. The average Bonchev–Trinajstić information content (AvgIpc) is 2.77. The van der Waals surface area contributed by atoms with Gasteiger partial charge in [-0.2, -0.15) is 0 Å². The molecule has 0 radical (unpaired) electrons. The van der Waals surface area contributed by atoms with Crippen LogP contribution in [0.2, 0.25) is 0 Å². The SMILES string of the molecule is COc1cc(F)ccc1-n1c(N)nnc1SCC(=O)O. The van der Waals surface area contributed by atoms with E-state index in [1.54, 1.807) is 0 Å². The fourth-order valence-corrected chi connectivity index (χ4v) is 2.24. The van der Waals surface area contributed by atoms with Gasteiger partial charge in [-0.3, -0.25) is 9.36 Å². The minimum absolute atomic E-state index is 0.0581. The molecule has 0 spiro atoms. The summed E-state index contributed by atoms with van der Waals surface area (Å²) >= 11 is 0.955. The predicted molar refractivity (Wildman–Crippen MR) is 70.6 cm³/mol. The highest BCUT2D eigenvalue weighted by atomic mass is 32.2. The van der Waals surface area contributed by atoms with E-state index >= 15 is 0 Å². The van der Waals surface area contributed by atoms with Crippen LogP contribution in [-0.4, -0.2) is 38.7 Å². The van der Waals surface area contributed by atoms with Crippen LogP contribution in [-0.2, 0) is 4.79 Å². The molecule has 2 rings (SSSR count). The number of anilines is 1. The van der Waals surface area contributed by atoms with E-state index in [4.69, 9.17) is 15.6 Å². The van der Waals surface area contributed by atoms with Crippen LogP contribution in [0.4, 0.5) is 10.3 Å². The average molecular weight is 298 g/mol. The van der Waals surface area contributed by atoms with Crippen LogP contribution in [0.25, 0.3) is 5.69 Å². The van der Waals surface area contributed by atoms with E-state index < -0.39 is 11.8 Å². The topological polar surface area (TPSA) is 103 Å². The van der Waals surface area contributed by atoms with Gasteiger partial charge in [0.15, 0.2) is 5.16 Å². The Hall–Kier alpha value is -2.29. The fourth-order valence-electron chi connectivity index (χ4n) is 1.56. The molecule has 0 aliphatic heterocycles. The van der Waals surface area contributed by atoms with Gasteiger partial charge < -0.3 is 15.6 Å². The summed E-state index contributed by atoms with van der Waals surface area (Å²) in [4.78, 5) is 10.6. The summed E-state index contributed by atoms with van der Waals surface area (Å²) in [7, 11) is 1.39. The summed E-state index contributed by atoms with van der Waals surface area (Å²) in [5.41, 5.74) is 6.16. The summed E-state index contributed by atoms with van der Waals surface area (Å²) in [5.74, 6) is -1.34. The number of carboxylic acid groups (broad SMARTS) is 1. The number of hydrogen-bond donors (Lipinski definition) is 2. The molecule has 0 aliphatic rings. The van der Waals surface area contributed by atoms with Gasteiger partial charge in [0.1, 0.15) is 11.6 Å². The van der Waals surface area contributed by atoms with Gasteiger partial charge in [0.05, 0.1) is 18.6 Å². The molecule has 9 heteroatoms. The maximum Gasteiger partial charge on any atom is 0.313 e. The molecular weight excluding hydrogens is 287 g/mol. The molecule has 2 aromatic rings. The number of carboxylic acids is 1. The van der Waals surface area contributed by atoms with Crippen LogP contribution in [0.5, 0.6) is 5.75 Å². The second kappa shape index (κ2) is 5.78. The normalized spacial score (nSPS) is 10.5. The standard InChI is InChI=1S/C11H11FN4O3S/c1-19-8-4-6(12)2-3-7(8)16-10(13)14-15-11(16)20-5-9(17)18/h2-4H,5H2,1H3,(H2,13,14)(H,17,18). The number of aliphatic carboxylic acids is 1. The van der Waals surface area contributed by atoms with Crippen molar-refractivity contribution < 1.29 is 19.0 Å². The molecule has 0 unspecified atom stereocenters. The molecule has 1 aromatic carbocycles. The molecule has 3 N–H and O–H groups in total. The summed E-state index contributed by atoms with van der Waals surface area (Å²) in [6, 6.07) is 3.89. The molecule has 1 heterocycles. The lowest BCUT2D eigenvalue weighted by molar-refractivity contribution is -0.133. The first-order chi connectivity index (χ1) is 9.52. The van der Waals surface area contributed by atoms with Crippen LogP contribution in [0.3, 0.4) is 0 Å². The number of thioether (sulfide) groups is 1. The highest BCUT2D eigenvalue weighted by Gasteiger charge is 2.17. The third-order valence-corrected chi connectivity index (χ3v) is 3.28. The van der Waals surface area contributed by atoms with E-state index in [2.05, 4.69) is 10.2 Å². The number of ether oxygens (including phenoxy) is 1. The van der Waals surface area contributed by atoms with Gasteiger partial charge in [-0.05, 0) is 12.1 Å². The number of aromatic nitrogens is 3. The summed E-state index contributed by atoms with van der Waals surface area (Å²) < 4.78 is 19.7. The number of nitrogens with two attached hydrogens (primary N) is 1. The Labute approximate surface area is 117 Å². The van der Waals surface area contributed by atoms with Crippen molar-refractivity contribution in [3.63, 3.8) is 0 Å². The summed E-state index contributed by atoms with van der Waals surface area (Å²) in [6.07, 6.45) is 0. The Morgan fingerprint density at radius 1 is 1.55 bits per heavy atom. The van der Waals surface area contributed by atoms with Gasteiger partial charge in [0, 0.05) is 6.07 Å². The van der Waals surface area contributed by atoms with Crippen LogP contribution in [0.1, 0.15) is 0 Å². The number of nitrogen functional groups attached to an aromatic ring is 1. The molecule has 0 saturated carbocycles. The van der Waals surface area contributed by atoms with E-state index in [1.807, 2.05) is 0 Å². The predicted octanol–water partition coefficient (Wildman–Crippen LogP) is 1.17. The zero-order valence-electron chi connectivity index (χ0n) is 10.4. The largest absolute Gasteiger partial charge is 0.494 e. The minimum atomic E-state index is -0.991. The van der Waals surface area contributed by atoms with Crippen LogP contribution < -0.4 is 10.5 Å². The lowest BCUT2D eigenvalue weighted by Gasteiger charge is -2.11. The summed E-state index contributed by atoms with van der Waals surface area (Å²) in [6.45, 7) is 0. The lowest BCUT2D eigenvalue weighted by atomic mass is 10.3. The third-order valence-electron chi connectivity index (χ3n) is 2.37. The number of carbonyl (C=O) groups is 1. The number of nitrogens with zero attached hydrogens (tertiary/aromatic N) is 3. The molecule has 0 aliphatic carbocycles. The van der Waals surface area contributed by atoms with Crippen molar-refractivity contribution >= 4 is 23.7 Å². The first-order valence-electron chi connectivity index (χ1n) is 5.42. The van der Waals surface area contributed by atoms with Crippen LogP contribution in [0, 0.1) is 5.82 Å². The quantitative estimate of drug-likeness (QED) is 0.799. The van der Waals surface area contributed by atoms with Gasteiger partial charge in [-0.15, -0.1) is 10.2 Å². The fraction of sp³-hybridized carbons (Fsp3) is 0.182. The van der Waals surface area contributed by atoms with E-state index in [0.717, 1.165) is 11.8 Å². The number of halogens is 1. The van der Waals surface area contributed by atoms with E-state index in [1.165, 1.54) is 29.9 Å². The Morgan fingerprint density at radius 2 is 2.30 bits per heavy atom. The van der Waals surface area contributed by atoms with Crippen molar-refractivity contribution in [3.8, 4) is 11.4 Å². The first-order valence-corrected chi connectivity index (χ1v) is 6.41. The minimum Gasteiger partial charge on any atom is -0.494 e. The lowest BCUT2D eigenvalue weighted by Crippen LogP contribution is -2.06. The van der Waals surface area contributed by atoms with Crippen molar-refractivity contribution in [1.29, 1.82) is 0 Å². The molecule has 0 fully saturated rings. The molecule has 0 bridgehead atoms. The molecule has 0 saturated heterocycles. The monoisotopic (exact) mass is 298 g/mol. The van der Waals surface area contributed by atoms with Crippen LogP contribution in [0.15, 0.2) is 23.4 Å². The first kappa shape index (κ1) is 14.1. The van der Waals surface area contributed by atoms with Crippen molar-refractivity contribution in [1.82, 2.24) is 14.8 Å². The molecule has 106 valence electrons. The number of hydrogen-bond acceptors (Lipinski definition) is 6. The van der Waals surface area contributed by atoms with Crippen LogP contribution >= 0.6 is 11.8 Å². The van der Waals surface area contributed by atoms with Crippen molar-refractivity contribution in [2.24, 2.45) is 0 Å². The molecule has 0 amide bonds. The van der Waals surface area contributed by atoms with Gasteiger partial charge in [-0.1, -0.05) is 11.8 Å². The summed E-state index contributed by atoms with van der Waals surface area (Å²) in [5, 5.41) is 16.5. The maximum atomic E-state index is 13.2. The Kier molecular flexibility index (Phi) is 4.08. The van der Waals surface area contributed by atoms with Gasteiger partial charge >= 0.3 is 5.97 Å². The second-order valence-corrected chi connectivity index (χ2v) is 4.62. The van der Waals surface area contributed by atoms with E-state index in [9.17, 15) is 9.18 Å². The van der Waals surface area contributed by atoms with Crippen molar-refractivity contribution in [2.75, 3.05) is 18.6 Å². The zero-order valence-corrected chi connectivity index (χ0v) is 11.2. The Balaban J connectivity index is 2.46. The second-order valence-electron chi connectivity index (χ2n) is 3.67. The zero-order chi connectivity index (χ0) is 14.7. The molecule has 20 heavy (non-hydrogen) atoms. The van der Waals surface area contributed by atoms with Crippen molar-refractivity contribution in [2.45, 2.75) is 5.16 Å². The number of benzene rings is 1. The smallest absolute Gasteiger partial charge is 0.313 e.